The van der Waals surface area contributed by atoms with Crippen LogP contribution in [0.4, 0.5) is 0 Å². The number of aliphatic hydroxyl groups excluding tert-OH is 26. The quantitative estimate of drug-likeness (QED) is 0.0358. The predicted molar refractivity (Wildman–Crippen MR) is 266 cm³/mol. The van der Waals surface area contributed by atoms with Gasteiger partial charge in [0.1, 0.15) is 195 Å². The lowest BCUT2D eigenvalue weighted by Gasteiger charge is -2.45. The van der Waals surface area contributed by atoms with Crippen LogP contribution in [0.15, 0.2) is 0 Å². The molecule has 7 heterocycles. The highest BCUT2D eigenvalue weighted by Gasteiger charge is 2.54. The summed E-state index contributed by atoms with van der Waals surface area (Å²) in [5.74, 6) is 0. The summed E-state index contributed by atoms with van der Waals surface area (Å²) in [6, 6.07) is 0. The average molecular weight is 1320 g/mol. The highest BCUT2D eigenvalue weighted by atomic mass is 16.8. The first-order valence-electron chi connectivity index (χ1n) is 27.9. The predicted octanol–water partition coefficient (Wildman–Crippen LogP) is -18.6. The highest BCUT2D eigenvalue weighted by molar-refractivity contribution is 5.56. The molecule has 7 aliphatic rings. The van der Waals surface area contributed by atoms with Gasteiger partial charge in [0, 0.05) is 0 Å². The zero-order valence-corrected chi connectivity index (χ0v) is 46.5. The largest absolute Gasteiger partial charge is 0.394 e. The van der Waals surface area contributed by atoms with E-state index in [9.17, 15) is 138 Å². The molecule has 0 radical (unpaired) electrons. The Kier molecular flexibility index (Phi) is 27.3. The Labute approximate surface area is 501 Å². The normalized spacial score (nSPS) is 49.8. The van der Waals surface area contributed by atoms with E-state index in [-0.39, 0.29) is 6.29 Å². The van der Waals surface area contributed by atoms with E-state index in [1.54, 1.807) is 0 Å². The molecule has 7 fully saturated rings. The summed E-state index contributed by atoms with van der Waals surface area (Å²) in [4.78, 5) is 10.8. The zero-order chi connectivity index (χ0) is 65.8. The third-order valence-electron chi connectivity index (χ3n) is 16.1. The van der Waals surface area contributed by atoms with Gasteiger partial charge in [0.25, 0.3) is 0 Å². The standard InChI is InChI=1S/C48H82O41/c49-1-10(51)19(53)20(54)11(52)3-76-42-36(70)29(63)22(56)13(84-42)5-78-44-38(72)31(65)24(58)15(86-44)7-80-46-40(74)33(67)26(60)17(88-46)9-82-48-41(75)34(68)27(61)18(89-48)8-81-47-39(73)32(66)25(59)16(87-47)6-79-45-37(71)30(64)23(57)14(85-45)4-77-43-35(69)28(62)21(55)12(2-50)83-43/h1,10-48,50-75H,2-9H2/t10-,11+,12+,13+,14+,15+,16+,17+,18+,19+,20+,21+,22+,23+,24+,25+,26+,27+,28-,29-,30-,31-,32-,33-,34-,35+,36+,37+,38+,39+,40+,41+,42-,43-,44-,45-,46-,47-,48-/m0/s1. The molecule has 0 aromatic carbocycles. The molecule has 7 rings (SSSR count). The molecule has 0 aromatic rings. The van der Waals surface area contributed by atoms with E-state index in [0.717, 1.165) is 0 Å². The SMILES string of the molecule is O=C[C@H](O)[C@@H](O)[C@H](O)[C@H](O)CO[C@H]1O[C@H](CO[C@H]2O[C@H](CO[C@H]3O[C@H](CO[C@H]4O[C@H](CO[C@H]5O[C@H](CO[C@H]6O[C@H](CO[C@H]7O[C@H](CO)[C@@H](O)[C@H](O)[C@H]7O)[C@@H](O)[C@H](O)[C@H]6O)[C@@H](O)[C@H](O)[C@H]5O)[C@@H](O)[C@H](O)[C@H]4O)[C@@H](O)[C@H](O)[C@H]3O)[C@@H](O)[C@H](O)[C@H]2O)[C@@H](O)[C@H](O)[C@H]1O. The molecule has 520 valence electrons. The van der Waals surface area contributed by atoms with E-state index < -0.39 is 292 Å². The molecule has 41 nitrogen and oxygen atoms in total. The van der Waals surface area contributed by atoms with Gasteiger partial charge in [-0.25, -0.2) is 0 Å². The summed E-state index contributed by atoms with van der Waals surface area (Å²) in [5.41, 5.74) is 0. The van der Waals surface area contributed by atoms with E-state index in [1.807, 2.05) is 0 Å². The lowest BCUT2D eigenvalue weighted by molar-refractivity contribution is -0.353. The first kappa shape index (κ1) is 74.5. The summed E-state index contributed by atoms with van der Waals surface area (Å²) in [5, 5.41) is 272. The number of aldehydes is 1. The van der Waals surface area contributed by atoms with Crippen molar-refractivity contribution in [3.8, 4) is 0 Å². The molecule has 7 saturated heterocycles. The first-order chi connectivity index (χ1) is 41.9. The Morgan fingerprint density at radius 3 is 0.663 bits per heavy atom. The topological polar surface area (TPSA) is 672 Å². The van der Waals surface area contributed by atoms with Crippen LogP contribution in [0, 0.1) is 0 Å². The minimum atomic E-state index is -2.17. The van der Waals surface area contributed by atoms with Crippen molar-refractivity contribution in [3.05, 3.63) is 0 Å². The molecule has 0 saturated carbocycles. The summed E-state index contributed by atoms with van der Waals surface area (Å²) >= 11 is 0. The molecule has 41 heteroatoms. The third kappa shape index (κ3) is 17.0. The molecule has 0 spiro atoms. The summed E-state index contributed by atoms with van der Waals surface area (Å²) in [6.07, 6.45) is -75.0. The van der Waals surface area contributed by atoms with Crippen molar-refractivity contribution in [3.63, 3.8) is 0 Å². The van der Waals surface area contributed by atoms with Gasteiger partial charge < -0.3 is 204 Å². The van der Waals surface area contributed by atoms with Crippen molar-refractivity contribution in [2.24, 2.45) is 0 Å². The monoisotopic (exact) mass is 1310 g/mol. The van der Waals surface area contributed by atoms with Crippen LogP contribution in [0.2, 0.25) is 0 Å². The van der Waals surface area contributed by atoms with Crippen molar-refractivity contribution in [2.75, 3.05) is 52.9 Å². The Balaban J connectivity index is 0.893. The smallest absolute Gasteiger partial charge is 0.186 e. The van der Waals surface area contributed by atoms with Gasteiger partial charge >= 0.3 is 0 Å². The molecular weight excluding hydrogens is 1230 g/mol. The van der Waals surface area contributed by atoms with Gasteiger partial charge in [-0.1, -0.05) is 0 Å². The van der Waals surface area contributed by atoms with Crippen LogP contribution in [-0.2, 0) is 71.1 Å². The number of carbonyl (C=O) groups is 1. The minimum Gasteiger partial charge on any atom is -0.394 e. The van der Waals surface area contributed by atoms with Gasteiger partial charge in [0.15, 0.2) is 50.3 Å². The molecule has 0 amide bonds. The Morgan fingerprint density at radius 2 is 0.461 bits per heavy atom. The lowest BCUT2D eigenvalue weighted by Crippen LogP contribution is -2.63. The second-order valence-electron chi connectivity index (χ2n) is 22.3. The maximum atomic E-state index is 10.9. The second kappa shape index (κ2) is 32.7. The van der Waals surface area contributed by atoms with Crippen molar-refractivity contribution < 1.29 is 204 Å². The van der Waals surface area contributed by atoms with Crippen LogP contribution in [0.25, 0.3) is 0 Å². The van der Waals surface area contributed by atoms with Gasteiger partial charge in [-0.15, -0.1) is 0 Å². The number of aliphatic hydroxyl groups is 26. The maximum Gasteiger partial charge on any atom is 0.186 e. The van der Waals surface area contributed by atoms with Crippen LogP contribution in [0.3, 0.4) is 0 Å². The van der Waals surface area contributed by atoms with Crippen LogP contribution in [0.1, 0.15) is 0 Å². The molecule has 39 atom stereocenters. The van der Waals surface area contributed by atoms with E-state index in [1.165, 1.54) is 0 Å². The Hall–Kier alpha value is -1.93. The van der Waals surface area contributed by atoms with Crippen molar-refractivity contribution in [2.45, 2.75) is 239 Å². The van der Waals surface area contributed by atoms with Gasteiger partial charge in [-0.3, -0.25) is 0 Å². The number of rotatable bonds is 26. The maximum absolute atomic E-state index is 10.9. The fraction of sp³-hybridized carbons (Fsp3) is 0.979. The molecule has 26 N–H and O–H groups in total. The molecule has 89 heavy (non-hydrogen) atoms. The van der Waals surface area contributed by atoms with Crippen LogP contribution < -0.4 is 0 Å². The van der Waals surface area contributed by atoms with Gasteiger partial charge in [0.2, 0.25) is 0 Å². The zero-order valence-electron chi connectivity index (χ0n) is 46.5. The molecule has 7 aliphatic heterocycles. The van der Waals surface area contributed by atoms with Crippen LogP contribution in [-0.4, -0.2) is 431 Å². The van der Waals surface area contributed by atoms with E-state index in [0.29, 0.717) is 0 Å². The summed E-state index contributed by atoms with van der Waals surface area (Å²) in [7, 11) is 0. The summed E-state index contributed by atoms with van der Waals surface area (Å²) < 4.78 is 76.9. The number of carbonyl (C=O) groups excluding carboxylic acids is 1. The second-order valence-corrected chi connectivity index (χ2v) is 22.3. The minimum absolute atomic E-state index is 0.122. The summed E-state index contributed by atoms with van der Waals surface area (Å²) in [6.45, 7) is -6.78. The fourth-order valence-electron chi connectivity index (χ4n) is 10.3. The lowest BCUT2D eigenvalue weighted by atomic mass is 9.97. The molecule has 0 unspecified atom stereocenters. The number of hydrogen-bond acceptors (Lipinski definition) is 41. The van der Waals surface area contributed by atoms with E-state index in [2.05, 4.69) is 0 Å². The van der Waals surface area contributed by atoms with E-state index >= 15 is 0 Å². The third-order valence-corrected chi connectivity index (χ3v) is 16.1. The molecular formula is C48H82O41. The Bertz CT molecular complexity index is 2120. The fourth-order valence-corrected chi connectivity index (χ4v) is 10.3. The average Bonchev–Trinajstić information content (AvgIpc) is 2.20. The number of hydrogen-bond donors (Lipinski definition) is 26. The van der Waals surface area contributed by atoms with Crippen molar-refractivity contribution in [1.29, 1.82) is 0 Å². The first-order valence-corrected chi connectivity index (χ1v) is 27.9. The van der Waals surface area contributed by atoms with Gasteiger partial charge in [-0.05, 0) is 0 Å². The van der Waals surface area contributed by atoms with Crippen molar-refractivity contribution >= 4 is 6.29 Å². The van der Waals surface area contributed by atoms with Crippen LogP contribution in [0.5, 0.6) is 0 Å². The number of ether oxygens (including phenoxy) is 14. The van der Waals surface area contributed by atoms with Gasteiger partial charge in [0.05, 0.1) is 52.9 Å². The molecule has 0 bridgehead atoms. The molecule has 0 aliphatic carbocycles. The van der Waals surface area contributed by atoms with Gasteiger partial charge in [-0.2, -0.15) is 0 Å². The molecule has 0 aromatic heterocycles. The van der Waals surface area contributed by atoms with Crippen molar-refractivity contribution in [1.82, 2.24) is 0 Å². The highest BCUT2D eigenvalue weighted by Crippen LogP contribution is 2.33. The Morgan fingerprint density at radius 1 is 0.270 bits per heavy atom. The van der Waals surface area contributed by atoms with Crippen LogP contribution >= 0.6 is 0 Å². The van der Waals surface area contributed by atoms with E-state index in [4.69, 9.17) is 66.3 Å².